The van der Waals surface area contributed by atoms with E-state index in [1.165, 1.54) is 32.0 Å². The molecule has 64 heavy (non-hydrogen) atoms. The van der Waals surface area contributed by atoms with Gasteiger partial charge in [-0.05, 0) is 114 Å². The second kappa shape index (κ2) is 25.4. The number of aliphatic carboxylic acids is 1. The molecule has 3 aromatic rings. The number of hydrogen-bond acceptors (Lipinski definition) is 14. The minimum atomic E-state index is -1.24. The van der Waals surface area contributed by atoms with E-state index in [2.05, 4.69) is 10.6 Å². The van der Waals surface area contributed by atoms with E-state index in [-0.39, 0.29) is 60.8 Å². The summed E-state index contributed by atoms with van der Waals surface area (Å²) in [5.41, 5.74) is 2.20. The third kappa shape index (κ3) is 15.4. The molecular formula is C48H62N4O12. The van der Waals surface area contributed by atoms with Gasteiger partial charge in [-0.2, -0.15) is 0 Å². The summed E-state index contributed by atoms with van der Waals surface area (Å²) in [6, 6.07) is 19.2. The van der Waals surface area contributed by atoms with E-state index in [1.54, 1.807) is 80.4 Å². The van der Waals surface area contributed by atoms with E-state index in [1.807, 2.05) is 0 Å². The Hall–Kier alpha value is -5.94. The van der Waals surface area contributed by atoms with Crippen LogP contribution < -0.4 is 20.1 Å². The van der Waals surface area contributed by atoms with Crippen LogP contribution in [0.3, 0.4) is 0 Å². The van der Waals surface area contributed by atoms with E-state index in [0.717, 1.165) is 38.5 Å². The second-order valence-electron chi connectivity index (χ2n) is 16.0. The number of allylic oxidation sites excluding steroid dienone is 2. The average molecular weight is 887 g/mol. The Morgan fingerprint density at radius 1 is 0.766 bits per heavy atom. The standard InChI is InChI=1S/C48H62N4O12/c1-31-44(47(57)58)46(37-12-11-15-39(26-37)52(60)61)45(32(2)51(31)5)48(59)62-25-10-6-7-13-38(50-28-41(56)30-64-43-22-18-36(19-23-43)34(4)54)14-8-9-24-49-27-40(55)29-63-42-20-16-35(17-21-42)33(3)53/h11-12,15-23,26,38,40-41,46,49-50,55-56H,6-10,13-14,24-25,27-30H2,1-5H3,(H,57,58). The third-order valence-electron chi connectivity index (χ3n) is 11.2. The van der Waals surface area contributed by atoms with Gasteiger partial charge in [0, 0.05) is 60.8 Å². The van der Waals surface area contributed by atoms with Crippen LogP contribution in [0.15, 0.2) is 95.3 Å². The topological polar surface area (TPSA) is 227 Å². The Kier molecular flexibility index (Phi) is 20.1. The molecule has 4 atom stereocenters. The molecule has 0 radical (unpaired) electrons. The van der Waals surface area contributed by atoms with Crippen molar-refractivity contribution in [3.05, 3.63) is 122 Å². The maximum atomic E-state index is 13.7. The van der Waals surface area contributed by atoms with Gasteiger partial charge in [-0.25, -0.2) is 9.59 Å². The van der Waals surface area contributed by atoms with Crippen LogP contribution >= 0.6 is 0 Å². The number of hydrogen-bond donors (Lipinski definition) is 5. The number of ether oxygens (including phenoxy) is 3. The number of carboxylic acids is 1. The molecule has 0 aliphatic carbocycles. The number of Topliss-reactive ketones (excluding diaryl/α,β-unsaturated/α-hetero) is 2. The van der Waals surface area contributed by atoms with Crippen molar-refractivity contribution in [3.63, 3.8) is 0 Å². The summed E-state index contributed by atoms with van der Waals surface area (Å²) < 4.78 is 17.1. The Bertz CT molecular complexity index is 2120. The van der Waals surface area contributed by atoms with Gasteiger partial charge in [-0.3, -0.25) is 19.7 Å². The zero-order valence-electron chi connectivity index (χ0n) is 37.3. The number of aliphatic hydroxyl groups excluding tert-OH is 2. The number of carboxylic acid groups (broad SMARTS) is 1. The van der Waals surface area contributed by atoms with Crippen molar-refractivity contribution in [3.8, 4) is 11.5 Å². The number of esters is 1. The minimum absolute atomic E-state index is 0.0321. The summed E-state index contributed by atoms with van der Waals surface area (Å²) in [5, 5.41) is 49.7. The number of aliphatic hydroxyl groups is 2. The number of nitro benzene ring substituents is 1. The fourth-order valence-corrected chi connectivity index (χ4v) is 7.42. The molecule has 5 N–H and O–H groups in total. The van der Waals surface area contributed by atoms with Crippen molar-refractivity contribution in [2.24, 2.45) is 0 Å². The van der Waals surface area contributed by atoms with Gasteiger partial charge in [0.1, 0.15) is 36.9 Å². The number of rotatable bonds is 28. The number of nitrogens with one attached hydrogen (secondary N) is 2. The van der Waals surface area contributed by atoms with E-state index < -0.39 is 35.0 Å². The number of non-ortho nitro benzene ring substituents is 1. The van der Waals surface area contributed by atoms with E-state index in [0.29, 0.717) is 59.1 Å². The molecule has 16 nitrogen and oxygen atoms in total. The normalized spacial score (nSPS) is 15.4. The lowest BCUT2D eigenvalue weighted by atomic mass is 9.80. The first-order chi connectivity index (χ1) is 30.6. The highest BCUT2D eigenvalue weighted by molar-refractivity contribution is 5.99. The predicted molar refractivity (Wildman–Crippen MR) is 240 cm³/mol. The number of carbonyl (C=O) groups excluding carboxylic acids is 3. The first-order valence-corrected chi connectivity index (χ1v) is 21.6. The molecule has 0 aromatic heterocycles. The lowest BCUT2D eigenvalue weighted by Crippen LogP contribution is -2.38. The highest BCUT2D eigenvalue weighted by Crippen LogP contribution is 2.42. The molecule has 1 heterocycles. The Morgan fingerprint density at radius 3 is 1.86 bits per heavy atom. The molecule has 3 aromatic carbocycles. The smallest absolute Gasteiger partial charge is 0.336 e. The van der Waals surface area contributed by atoms with Crippen molar-refractivity contribution >= 4 is 29.2 Å². The molecule has 16 heteroatoms. The van der Waals surface area contributed by atoms with Gasteiger partial charge in [-0.15, -0.1) is 0 Å². The van der Waals surface area contributed by atoms with Gasteiger partial charge < -0.3 is 45.1 Å². The maximum Gasteiger partial charge on any atom is 0.336 e. The van der Waals surface area contributed by atoms with Gasteiger partial charge >= 0.3 is 11.9 Å². The molecule has 4 unspecified atom stereocenters. The van der Waals surface area contributed by atoms with Crippen LogP contribution in [-0.4, -0.2) is 113 Å². The average Bonchev–Trinajstić information content (AvgIpc) is 3.27. The van der Waals surface area contributed by atoms with Gasteiger partial charge in [-0.1, -0.05) is 31.4 Å². The van der Waals surface area contributed by atoms with Crippen LogP contribution in [0.2, 0.25) is 0 Å². The first kappa shape index (κ1) is 50.7. The Balaban J connectivity index is 1.27. The van der Waals surface area contributed by atoms with Gasteiger partial charge in [0.2, 0.25) is 0 Å². The number of carbonyl (C=O) groups is 4. The molecule has 0 amide bonds. The monoisotopic (exact) mass is 886 g/mol. The Morgan fingerprint density at radius 2 is 1.31 bits per heavy atom. The molecule has 0 saturated carbocycles. The molecule has 0 spiro atoms. The van der Waals surface area contributed by atoms with E-state index in [4.69, 9.17) is 14.2 Å². The molecule has 346 valence electrons. The van der Waals surface area contributed by atoms with E-state index in [9.17, 15) is 44.6 Å². The quantitative estimate of drug-likeness (QED) is 0.0176. The molecule has 0 fully saturated rings. The van der Waals surface area contributed by atoms with Crippen LogP contribution in [0.25, 0.3) is 0 Å². The molecule has 1 aliphatic rings. The number of unbranched alkanes of at least 4 members (excludes halogenated alkanes) is 3. The summed E-state index contributed by atoms with van der Waals surface area (Å²) >= 11 is 0. The minimum Gasteiger partial charge on any atom is -0.491 e. The van der Waals surface area contributed by atoms with Crippen LogP contribution in [0, 0.1) is 10.1 Å². The van der Waals surface area contributed by atoms with Crippen molar-refractivity contribution in [2.75, 3.05) is 46.5 Å². The van der Waals surface area contributed by atoms with Crippen molar-refractivity contribution in [1.82, 2.24) is 15.5 Å². The second-order valence-corrected chi connectivity index (χ2v) is 16.0. The molecule has 0 saturated heterocycles. The summed E-state index contributed by atoms with van der Waals surface area (Å²) in [6.07, 6.45) is 3.84. The molecule has 0 bridgehead atoms. The third-order valence-corrected chi connectivity index (χ3v) is 11.2. The maximum absolute atomic E-state index is 13.7. The zero-order valence-corrected chi connectivity index (χ0v) is 37.3. The van der Waals surface area contributed by atoms with Crippen LogP contribution in [0.1, 0.15) is 105 Å². The molecule has 1 aliphatic heterocycles. The SMILES string of the molecule is CC(=O)c1ccc(OCC(O)CNCCCCC(CCCCCOC(=O)C2=C(C)N(C)C(C)=C(C(=O)O)C2c2cccc([N+](=O)[O-])c2)NCC(O)COc2ccc(C(C)=O)cc2)cc1. The largest absolute Gasteiger partial charge is 0.491 e. The molecular weight excluding hydrogens is 825 g/mol. The lowest BCUT2D eigenvalue weighted by Gasteiger charge is -2.35. The van der Waals surface area contributed by atoms with Crippen molar-refractivity contribution in [1.29, 1.82) is 0 Å². The van der Waals surface area contributed by atoms with Crippen molar-refractivity contribution < 1.29 is 53.6 Å². The van der Waals surface area contributed by atoms with E-state index >= 15 is 0 Å². The molecule has 4 rings (SSSR count). The van der Waals surface area contributed by atoms with Crippen LogP contribution in [0.5, 0.6) is 11.5 Å². The fourth-order valence-electron chi connectivity index (χ4n) is 7.42. The number of nitro groups is 1. The fraction of sp³-hybridized carbons (Fsp3) is 0.458. The lowest BCUT2D eigenvalue weighted by molar-refractivity contribution is -0.384. The van der Waals surface area contributed by atoms with Gasteiger partial charge in [0.05, 0.1) is 28.6 Å². The van der Waals surface area contributed by atoms with Crippen molar-refractivity contribution in [2.45, 2.75) is 96.8 Å². The highest BCUT2D eigenvalue weighted by atomic mass is 16.6. The summed E-state index contributed by atoms with van der Waals surface area (Å²) in [6.45, 7) is 7.88. The summed E-state index contributed by atoms with van der Waals surface area (Å²) in [4.78, 5) is 62.0. The number of benzene rings is 3. The number of nitrogens with zero attached hydrogens (tertiary/aromatic N) is 2. The van der Waals surface area contributed by atoms with Crippen LogP contribution in [0.4, 0.5) is 5.69 Å². The highest BCUT2D eigenvalue weighted by Gasteiger charge is 2.39. The summed E-state index contributed by atoms with van der Waals surface area (Å²) in [7, 11) is 1.66. The predicted octanol–water partition coefficient (Wildman–Crippen LogP) is 6.36. The van der Waals surface area contributed by atoms with Gasteiger partial charge in [0.15, 0.2) is 11.6 Å². The first-order valence-electron chi connectivity index (χ1n) is 21.6. The number of ketones is 2. The van der Waals surface area contributed by atoms with Gasteiger partial charge in [0.25, 0.3) is 5.69 Å². The summed E-state index contributed by atoms with van der Waals surface area (Å²) in [5.74, 6) is -1.96. The Labute approximate surface area is 374 Å². The zero-order chi connectivity index (χ0) is 46.8. The van der Waals surface area contributed by atoms with Crippen LogP contribution in [-0.2, 0) is 14.3 Å².